The Hall–Kier alpha value is -1.95. The van der Waals surface area contributed by atoms with Gasteiger partial charge in [-0.1, -0.05) is 5.16 Å². The van der Waals surface area contributed by atoms with Crippen molar-refractivity contribution in [2.45, 2.75) is 6.42 Å². The highest BCUT2D eigenvalue weighted by Gasteiger charge is 2.08. The normalized spacial score (nSPS) is 10.6. The second kappa shape index (κ2) is 4.71. The number of likely N-dealkylation sites (N-methyl/N-ethyl adjacent to an activating group) is 1. The lowest BCUT2D eigenvalue weighted by molar-refractivity contribution is 0.422. The van der Waals surface area contributed by atoms with Crippen LogP contribution < -0.4 is 10.9 Å². The summed E-state index contributed by atoms with van der Waals surface area (Å²) < 4.78 is 5.06. The lowest BCUT2D eigenvalue weighted by atomic mass is 10.3. The van der Waals surface area contributed by atoms with Crippen LogP contribution in [0.15, 0.2) is 27.6 Å². The number of H-pyrrole nitrogens is 1. The summed E-state index contributed by atoms with van der Waals surface area (Å²) in [4.78, 5) is 17.8. The first-order valence-corrected chi connectivity index (χ1v) is 4.96. The van der Waals surface area contributed by atoms with Crippen molar-refractivity contribution >= 4 is 0 Å². The average molecular weight is 220 g/mol. The lowest BCUT2D eigenvalue weighted by Gasteiger charge is -1.91. The number of aromatic amines is 1. The van der Waals surface area contributed by atoms with Gasteiger partial charge in [-0.15, -0.1) is 0 Å². The van der Waals surface area contributed by atoms with Crippen LogP contribution in [-0.2, 0) is 6.42 Å². The minimum Gasteiger partial charge on any atom is -0.334 e. The molecule has 2 N–H and O–H groups in total. The van der Waals surface area contributed by atoms with E-state index in [4.69, 9.17) is 4.52 Å². The predicted octanol–water partition coefficient (Wildman–Crippen LogP) is 0.187. The molecular formula is C10H12N4O2. The van der Waals surface area contributed by atoms with Gasteiger partial charge in [-0.3, -0.25) is 4.79 Å². The van der Waals surface area contributed by atoms with E-state index in [1.54, 1.807) is 12.3 Å². The summed E-state index contributed by atoms with van der Waals surface area (Å²) in [6.45, 7) is 0.786. The molecule has 0 unspecified atom stereocenters. The Morgan fingerprint density at radius 1 is 1.56 bits per heavy atom. The number of hydrogen-bond acceptors (Lipinski definition) is 5. The predicted molar refractivity (Wildman–Crippen MR) is 58.0 cm³/mol. The van der Waals surface area contributed by atoms with Crippen LogP contribution in [-0.4, -0.2) is 28.7 Å². The molecule has 6 heteroatoms. The van der Waals surface area contributed by atoms with Crippen molar-refractivity contribution in [1.29, 1.82) is 0 Å². The van der Waals surface area contributed by atoms with E-state index < -0.39 is 0 Å². The fraction of sp³-hybridized carbons (Fsp3) is 0.300. The van der Waals surface area contributed by atoms with Crippen molar-refractivity contribution in [1.82, 2.24) is 20.4 Å². The molecular weight excluding hydrogens is 208 g/mol. The quantitative estimate of drug-likeness (QED) is 0.768. The van der Waals surface area contributed by atoms with Crippen LogP contribution in [0.25, 0.3) is 11.5 Å². The molecule has 0 aliphatic heterocycles. The van der Waals surface area contributed by atoms with Gasteiger partial charge in [0, 0.05) is 30.8 Å². The molecule has 0 aliphatic rings. The summed E-state index contributed by atoms with van der Waals surface area (Å²) in [5.74, 6) is 1.00. The molecule has 0 fully saturated rings. The molecule has 2 aromatic rings. The first-order chi connectivity index (χ1) is 7.79. The highest BCUT2D eigenvalue weighted by atomic mass is 16.5. The van der Waals surface area contributed by atoms with Gasteiger partial charge in [0.1, 0.15) is 0 Å². The van der Waals surface area contributed by atoms with Gasteiger partial charge in [0.15, 0.2) is 5.82 Å². The largest absolute Gasteiger partial charge is 0.334 e. The number of nitrogens with zero attached hydrogens (tertiary/aromatic N) is 2. The standard InChI is InChI=1S/C10H12N4O2/c1-11-4-3-8-13-10(16-14-8)7-2-5-12-9(15)6-7/h2,5-6,11H,3-4H2,1H3,(H,12,15). The van der Waals surface area contributed by atoms with E-state index in [9.17, 15) is 4.79 Å². The highest BCUT2D eigenvalue weighted by molar-refractivity contribution is 5.50. The molecule has 0 saturated carbocycles. The zero-order chi connectivity index (χ0) is 11.4. The second-order valence-electron chi connectivity index (χ2n) is 3.31. The van der Waals surface area contributed by atoms with Crippen LogP contribution in [0, 0.1) is 0 Å². The molecule has 0 saturated heterocycles. The third-order valence-corrected chi connectivity index (χ3v) is 2.09. The Labute approximate surface area is 91.7 Å². The Bertz CT molecular complexity index is 517. The second-order valence-corrected chi connectivity index (χ2v) is 3.31. The van der Waals surface area contributed by atoms with E-state index in [0.717, 1.165) is 6.54 Å². The monoisotopic (exact) mass is 220 g/mol. The van der Waals surface area contributed by atoms with Gasteiger partial charge in [-0.2, -0.15) is 4.98 Å². The molecule has 0 amide bonds. The molecule has 0 aromatic carbocycles. The molecule has 16 heavy (non-hydrogen) atoms. The Morgan fingerprint density at radius 3 is 3.19 bits per heavy atom. The minimum absolute atomic E-state index is 0.188. The van der Waals surface area contributed by atoms with Gasteiger partial charge in [0.25, 0.3) is 5.89 Å². The third kappa shape index (κ3) is 2.34. The number of rotatable bonds is 4. The van der Waals surface area contributed by atoms with Crippen molar-refractivity contribution < 1.29 is 4.52 Å². The first-order valence-electron chi connectivity index (χ1n) is 4.96. The van der Waals surface area contributed by atoms with Crippen LogP contribution >= 0.6 is 0 Å². The van der Waals surface area contributed by atoms with Crippen LogP contribution in [0.1, 0.15) is 5.82 Å². The van der Waals surface area contributed by atoms with Crippen molar-refractivity contribution in [2.24, 2.45) is 0 Å². The molecule has 2 aromatic heterocycles. The summed E-state index contributed by atoms with van der Waals surface area (Å²) in [5.41, 5.74) is 0.444. The molecule has 0 spiro atoms. The molecule has 0 aliphatic carbocycles. The number of pyridine rings is 1. The van der Waals surface area contributed by atoms with E-state index in [1.165, 1.54) is 6.07 Å². The van der Waals surface area contributed by atoms with Gasteiger partial charge in [-0.25, -0.2) is 0 Å². The molecule has 6 nitrogen and oxygen atoms in total. The minimum atomic E-state index is -0.188. The zero-order valence-corrected chi connectivity index (χ0v) is 8.86. The average Bonchev–Trinajstić information content (AvgIpc) is 2.75. The van der Waals surface area contributed by atoms with Gasteiger partial charge >= 0.3 is 0 Å². The van der Waals surface area contributed by atoms with Gasteiger partial charge in [0.2, 0.25) is 5.56 Å². The van der Waals surface area contributed by atoms with Crippen LogP contribution in [0.3, 0.4) is 0 Å². The zero-order valence-electron chi connectivity index (χ0n) is 8.86. The third-order valence-electron chi connectivity index (χ3n) is 2.09. The molecule has 0 bridgehead atoms. The van der Waals surface area contributed by atoms with Crippen LogP contribution in [0.4, 0.5) is 0 Å². The summed E-state index contributed by atoms with van der Waals surface area (Å²) in [7, 11) is 1.86. The van der Waals surface area contributed by atoms with Crippen molar-refractivity contribution in [2.75, 3.05) is 13.6 Å². The van der Waals surface area contributed by atoms with Gasteiger partial charge in [-0.05, 0) is 13.1 Å². The number of nitrogens with one attached hydrogen (secondary N) is 2. The summed E-state index contributed by atoms with van der Waals surface area (Å²) >= 11 is 0. The summed E-state index contributed by atoms with van der Waals surface area (Å²) in [6, 6.07) is 3.14. The van der Waals surface area contributed by atoms with Gasteiger partial charge in [0.05, 0.1) is 0 Å². The lowest BCUT2D eigenvalue weighted by Crippen LogP contribution is -2.11. The Morgan fingerprint density at radius 2 is 2.44 bits per heavy atom. The van der Waals surface area contributed by atoms with Crippen molar-refractivity contribution in [3.63, 3.8) is 0 Å². The van der Waals surface area contributed by atoms with E-state index in [-0.39, 0.29) is 5.56 Å². The Balaban J connectivity index is 2.21. The SMILES string of the molecule is CNCCc1noc(-c2cc[nH]c(=O)c2)n1. The summed E-state index contributed by atoms with van der Waals surface area (Å²) in [6.07, 6.45) is 2.25. The molecule has 0 atom stereocenters. The molecule has 2 rings (SSSR count). The summed E-state index contributed by atoms with van der Waals surface area (Å²) in [5, 5.41) is 6.82. The molecule has 0 radical (unpaired) electrons. The number of aromatic nitrogens is 3. The first kappa shape index (κ1) is 10.6. The fourth-order valence-corrected chi connectivity index (χ4v) is 1.29. The van der Waals surface area contributed by atoms with Crippen molar-refractivity contribution in [3.05, 3.63) is 34.5 Å². The topological polar surface area (TPSA) is 83.8 Å². The maximum absolute atomic E-state index is 11.1. The maximum atomic E-state index is 11.1. The maximum Gasteiger partial charge on any atom is 0.258 e. The smallest absolute Gasteiger partial charge is 0.258 e. The highest BCUT2D eigenvalue weighted by Crippen LogP contribution is 2.13. The van der Waals surface area contributed by atoms with Crippen LogP contribution in [0.2, 0.25) is 0 Å². The van der Waals surface area contributed by atoms with E-state index in [2.05, 4.69) is 20.4 Å². The number of hydrogen-bond donors (Lipinski definition) is 2. The van der Waals surface area contributed by atoms with Gasteiger partial charge < -0.3 is 14.8 Å². The van der Waals surface area contributed by atoms with Crippen LogP contribution in [0.5, 0.6) is 0 Å². The van der Waals surface area contributed by atoms with Crippen molar-refractivity contribution in [3.8, 4) is 11.5 Å². The van der Waals surface area contributed by atoms with E-state index >= 15 is 0 Å². The van der Waals surface area contributed by atoms with E-state index in [1.807, 2.05) is 7.05 Å². The Kier molecular flexibility index (Phi) is 3.11. The molecule has 2 heterocycles. The molecule has 84 valence electrons. The fourth-order valence-electron chi connectivity index (χ4n) is 1.29. The van der Waals surface area contributed by atoms with E-state index in [0.29, 0.717) is 23.7 Å².